The molecule has 2 aromatic rings. The number of rotatable bonds is 3. The van der Waals surface area contributed by atoms with Crippen molar-refractivity contribution < 1.29 is 9.50 Å². The Labute approximate surface area is 132 Å². The van der Waals surface area contributed by atoms with E-state index >= 15 is 0 Å². The molecule has 1 atom stereocenters. The summed E-state index contributed by atoms with van der Waals surface area (Å²) in [5.74, 6) is -0.981. The third-order valence-corrected chi connectivity index (χ3v) is 4.97. The van der Waals surface area contributed by atoms with Crippen LogP contribution in [0.2, 0.25) is 5.02 Å². The monoisotopic (exact) mass is 326 g/mol. The predicted molar refractivity (Wildman–Crippen MR) is 83.7 cm³/mol. The van der Waals surface area contributed by atoms with Crippen molar-refractivity contribution >= 4 is 22.9 Å². The van der Waals surface area contributed by atoms with Gasteiger partial charge in [0.15, 0.2) is 11.6 Å². The molecule has 0 radical (unpaired) electrons. The molecule has 3 rings (SSSR count). The Morgan fingerprint density at radius 2 is 2.05 bits per heavy atom. The van der Waals surface area contributed by atoms with Gasteiger partial charge in [0.05, 0.1) is 6.04 Å². The maximum atomic E-state index is 13.8. The summed E-state index contributed by atoms with van der Waals surface area (Å²) in [7, 11) is 0. The number of halogens is 2. The molecule has 0 bridgehead atoms. The molecule has 1 aromatic carbocycles. The van der Waals surface area contributed by atoms with Crippen LogP contribution in [0, 0.1) is 5.82 Å². The van der Waals surface area contributed by atoms with Gasteiger partial charge in [-0.1, -0.05) is 17.7 Å². The standard InChI is InChI=1S/C15H16ClFN2OS/c16-10-3-4-11(17)15(20)13(10)14(12-2-1-9-21-12)19-7-5-18-6-8-19/h1-4,9,14,18,20H,5-8H2/t14-/m1/s1. The molecule has 0 amide bonds. The Morgan fingerprint density at radius 1 is 1.29 bits per heavy atom. The topological polar surface area (TPSA) is 35.5 Å². The highest BCUT2D eigenvalue weighted by Gasteiger charge is 2.30. The minimum Gasteiger partial charge on any atom is -0.505 e. The zero-order valence-electron chi connectivity index (χ0n) is 11.4. The van der Waals surface area contributed by atoms with Gasteiger partial charge in [-0.2, -0.15) is 0 Å². The van der Waals surface area contributed by atoms with Gasteiger partial charge in [-0.05, 0) is 23.6 Å². The van der Waals surface area contributed by atoms with Gasteiger partial charge < -0.3 is 10.4 Å². The van der Waals surface area contributed by atoms with Crippen molar-refractivity contribution in [1.29, 1.82) is 0 Å². The Bertz CT molecular complexity index is 614. The van der Waals surface area contributed by atoms with Crippen LogP contribution in [0.1, 0.15) is 16.5 Å². The number of benzene rings is 1. The molecule has 1 aromatic heterocycles. The van der Waals surface area contributed by atoms with Crippen molar-refractivity contribution in [3.63, 3.8) is 0 Å². The van der Waals surface area contributed by atoms with Crippen molar-refractivity contribution in [2.75, 3.05) is 26.2 Å². The number of hydrogen-bond acceptors (Lipinski definition) is 4. The Hall–Kier alpha value is -1.14. The first-order valence-electron chi connectivity index (χ1n) is 6.83. The predicted octanol–water partition coefficient (Wildman–Crippen LogP) is 3.24. The largest absolute Gasteiger partial charge is 0.505 e. The van der Waals surface area contributed by atoms with Gasteiger partial charge in [-0.15, -0.1) is 11.3 Å². The van der Waals surface area contributed by atoms with Crippen LogP contribution >= 0.6 is 22.9 Å². The molecule has 1 saturated heterocycles. The third-order valence-electron chi connectivity index (χ3n) is 3.72. The van der Waals surface area contributed by atoms with Crippen LogP contribution in [0.5, 0.6) is 5.75 Å². The average Bonchev–Trinajstić information content (AvgIpc) is 3.02. The molecule has 6 heteroatoms. The molecule has 0 saturated carbocycles. The third kappa shape index (κ3) is 2.92. The average molecular weight is 327 g/mol. The normalized spacial score (nSPS) is 17.8. The molecule has 1 aliphatic heterocycles. The fourth-order valence-corrected chi connectivity index (χ4v) is 3.83. The van der Waals surface area contributed by atoms with Crippen molar-refractivity contribution in [3.8, 4) is 5.75 Å². The minimum atomic E-state index is -0.633. The zero-order valence-corrected chi connectivity index (χ0v) is 12.9. The van der Waals surface area contributed by atoms with Gasteiger partial charge in [0.25, 0.3) is 0 Å². The second kappa shape index (κ2) is 6.32. The molecular weight excluding hydrogens is 311 g/mol. The highest BCUT2D eigenvalue weighted by Crippen LogP contribution is 2.41. The van der Waals surface area contributed by atoms with Crippen molar-refractivity contribution in [1.82, 2.24) is 10.2 Å². The van der Waals surface area contributed by atoms with E-state index in [9.17, 15) is 9.50 Å². The van der Waals surface area contributed by atoms with Crippen molar-refractivity contribution in [3.05, 3.63) is 50.9 Å². The summed E-state index contributed by atoms with van der Waals surface area (Å²) in [5, 5.41) is 15.9. The molecule has 0 unspecified atom stereocenters. The van der Waals surface area contributed by atoms with Gasteiger partial charge >= 0.3 is 0 Å². The van der Waals surface area contributed by atoms with E-state index in [1.807, 2.05) is 17.5 Å². The first-order valence-corrected chi connectivity index (χ1v) is 8.09. The van der Waals surface area contributed by atoms with Crippen LogP contribution < -0.4 is 5.32 Å². The molecule has 1 aliphatic rings. The van der Waals surface area contributed by atoms with E-state index in [0.29, 0.717) is 10.6 Å². The summed E-state index contributed by atoms with van der Waals surface area (Å²) < 4.78 is 13.8. The summed E-state index contributed by atoms with van der Waals surface area (Å²) in [6.07, 6.45) is 0. The maximum absolute atomic E-state index is 13.8. The molecule has 112 valence electrons. The zero-order chi connectivity index (χ0) is 14.8. The molecular formula is C15H16ClFN2OS. The van der Waals surface area contributed by atoms with Crippen LogP contribution in [-0.2, 0) is 0 Å². The van der Waals surface area contributed by atoms with Crippen molar-refractivity contribution in [2.45, 2.75) is 6.04 Å². The number of thiophene rings is 1. The van der Waals surface area contributed by atoms with Crippen LogP contribution in [0.3, 0.4) is 0 Å². The van der Waals surface area contributed by atoms with Gasteiger partial charge in [0, 0.05) is 41.6 Å². The lowest BCUT2D eigenvalue weighted by Crippen LogP contribution is -2.45. The van der Waals surface area contributed by atoms with Crippen LogP contribution in [0.4, 0.5) is 4.39 Å². The van der Waals surface area contributed by atoms with Gasteiger partial charge in [-0.25, -0.2) is 4.39 Å². The molecule has 2 heterocycles. The van der Waals surface area contributed by atoms with Gasteiger partial charge in [-0.3, -0.25) is 4.90 Å². The fourth-order valence-electron chi connectivity index (χ4n) is 2.71. The highest BCUT2D eigenvalue weighted by molar-refractivity contribution is 7.10. The summed E-state index contributed by atoms with van der Waals surface area (Å²) in [5.41, 5.74) is 0.459. The van der Waals surface area contributed by atoms with Crippen LogP contribution in [-0.4, -0.2) is 36.2 Å². The molecule has 21 heavy (non-hydrogen) atoms. The number of piperazine rings is 1. The molecule has 1 fully saturated rings. The molecule has 0 spiro atoms. The number of phenols is 1. The lowest BCUT2D eigenvalue weighted by molar-refractivity contribution is 0.197. The smallest absolute Gasteiger partial charge is 0.165 e. The SMILES string of the molecule is Oc1c(F)ccc(Cl)c1[C@@H](c1cccs1)N1CCNCC1. The van der Waals surface area contributed by atoms with E-state index in [2.05, 4.69) is 10.2 Å². The number of hydrogen-bond donors (Lipinski definition) is 2. The quantitative estimate of drug-likeness (QED) is 0.909. The van der Waals surface area contributed by atoms with E-state index in [1.54, 1.807) is 11.3 Å². The Kier molecular flexibility index (Phi) is 4.45. The molecule has 2 N–H and O–H groups in total. The number of nitrogens with one attached hydrogen (secondary N) is 1. The van der Waals surface area contributed by atoms with Crippen molar-refractivity contribution in [2.24, 2.45) is 0 Å². The fraction of sp³-hybridized carbons (Fsp3) is 0.333. The summed E-state index contributed by atoms with van der Waals surface area (Å²) >= 11 is 7.86. The Balaban J connectivity index is 2.09. The van der Waals surface area contributed by atoms with E-state index in [-0.39, 0.29) is 11.8 Å². The second-order valence-corrected chi connectivity index (χ2v) is 6.38. The lowest BCUT2D eigenvalue weighted by atomic mass is 10.0. The minimum absolute atomic E-state index is 0.213. The summed E-state index contributed by atoms with van der Waals surface area (Å²) in [6, 6.07) is 6.45. The molecule has 0 aliphatic carbocycles. The van der Waals surface area contributed by atoms with Crippen LogP contribution in [0.15, 0.2) is 29.6 Å². The van der Waals surface area contributed by atoms with E-state index in [1.165, 1.54) is 12.1 Å². The summed E-state index contributed by atoms with van der Waals surface area (Å²) in [6.45, 7) is 3.40. The number of phenolic OH excluding ortho intramolecular Hbond substituents is 1. The van der Waals surface area contributed by atoms with Gasteiger partial charge in [0.1, 0.15) is 0 Å². The second-order valence-electron chi connectivity index (χ2n) is 5.00. The summed E-state index contributed by atoms with van der Waals surface area (Å²) in [4.78, 5) is 3.28. The van der Waals surface area contributed by atoms with Crippen LogP contribution in [0.25, 0.3) is 0 Å². The van der Waals surface area contributed by atoms with E-state index in [0.717, 1.165) is 31.1 Å². The van der Waals surface area contributed by atoms with E-state index < -0.39 is 5.82 Å². The number of aromatic hydroxyl groups is 1. The van der Waals surface area contributed by atoms with Gasteiger partial charge in [0.2, 0.25) is 0 Å². The lowest BCUT2D eigenvalue weighted by Gasteiger charge is -2.35. The first-order chi connectivity index (χ1) is 10.2. The molecule has 3 nitrogen and oxygen atoms in total. The Morgan fingerprint density at radius 3 is 2.71 bits per heavy atom. The first kappa shape index (κ1) is 14.8. The number of nitrogens with zero attached hydrogens (tertiary/aromatic N) is 1. The maximum Gasteiger partial charge on any atom is 0.165 e. The van der Waals surface area contributed by atoms with E-state index in [4.69, 9.17) is 11.6 Å². The highest BCUT2D eigenvalue weighted by atomic mass is 35.5.